The van der Waals surface area contributed by atoms with Crippen LogP contribution in [0.5, 0.6) is 0 Å². The molecule has 0 unspecified atom stereocenters. The molecule has 0 atom stereocenters. The van der Waals surface area contributed by atoms with E-state index in [1.165, 1.54) is 4.90 Å². The number of furan rings is 1. The molecule has 24 heavy (non-hydrogen) atoms. The Kier molecular flexibility index (Phi) is 3.75. The Morgan fingerprint density at radius 2 is 1.88 bits per heavy atom. The number of rotatable bonds is 3. The van der Waals surface area contributed by atoms with Crippen LogP contribution in [0.3, 0.4) is 0 Å². The summed E-state index contributed by atoms with van der Waals surface area (Å²) in [5.74, 6) is 1.47. The predicted octanol–water partition coefficient (Wildman–Crippen LogP) is 5.69. The van der Waals surface area contributed by atoms with Gasteiger partial charge in [-0.1, -0.05) is 23.9 Å². The molecule has 118 valence electrons. The van der Waals surface area contributed by atoms with Crippen molar-refractivity contribution in [2.24, 2.45) is 0 Å². The highest BCUT2D eigenvalue weighted by Gasteiger charge is 2.16. The second kappa shape index (κ2) is 6.06. The third-order valence-electron chi connectivity index (χ3n) is 3.80. The van der Waals surface area contributed by atoms with E-state index in [1.54, 1.807) is 23.9 Å². The Morgan fingerprint density at radius 3 is 2.71 bits per heavy atom. The summed E-state index contributed by atoms with van der Waals surface area (Å²) in [5, 5.41) is 3.40. The van der Waals surface area contributed by atoms with Gasteiger partial charge < -0.3 is 9.73 Å². The summed E-state index contributed by atoms with van der Waals surface area (Å²) in [6, 6.07) is 17.6. The average molecular weight is 333 g/mol. The van der Waals surface area contributed by atoms with Crippen molar-refractivity contribution in [3.05, 3.63) is 77.8 Å². The van der Waals surface area contributed by atoms with Crippen LogP contribution >= 0.6 is 11.8 Å². The molecule has 0 bridgehead atoms. The number of hydrogen-bond donors (Lipinski definition) is 1. The first-order valence-corrected chi connectivity index (χ1v) is 8.47. The van der Waals surface area contributed by atoms with Gasteiger partial charge in [-0.15, -0.1) is 0 Å². The maximum absolute atomic E-state index is 12.4. The van der Waals surface area contributed by atoms with E-state index in [0.29, 0.717) is 11.3 Å². The van der Waals surface area contributed by atoms with Crippen molar-refractivity contribution in [3.8, 4) is 0 Å². The number of benzene rings is 2. The molecule has 4 rings (SSSR count). The zero-order chi connectivity index (χ0) is 16.5. The summed E-state index contributed by atoms with van der Waals surface area (Å²) >= 11 is 1.71. The van der Waals surface area contributed by atoms with Crippen molar-refractivity contribution < 1.29 is 9.21 Å². The highest BCUT2D eigenvalue weighted by Crippen LogP contribution is 2.44. The molecule has 0 saturated carbocycles. The first-order valence-electron chi connectivity index (χ1n) is 7.66. The maximum Gasteiger partial charge on any atom is 0.186 e. The van der Waals surface area contributed by atoms with Gasteiger partial charge in [0.05, 0.1) is 11.4 Å². The van der Waals surface area contributed by atoms with Crippen molar-refractivity contribution in [2.45, 2.75) is 16.7 Å². The standard InChI is InChI=1S/C20H15NO2S/c1-13-6-8-15(23-13)9-10-18(22)14-7-11-20-17(12-14)21-16-4-2-3-5-19(16)24-20/h2-12,21H,1H3/b10-9+. The van der Waals surface area contributed by atoms with E-state index < -0.39 is 0 Å². The molecular weight excluding hydrogens is 318 g/mol. The van der Waals surface area contributed by atoms with Crippen molar-refractivity contribution >= 4 is 35.0 Å². The first-order chi connectivity index (χ1) is 11.7. The lowest BCUT2D eigenvalue weighted by Gasteiger charge is -2.20. The Morgan fingerprint density at radius 1 is 1.04 bits per heavy atom. The van der Waals surface area contributed by atoms with Gasteiger partial charge in [0.15, 0.2) is 5.78 Å². The van der Waals surface area contributed by atoms with Gasteiger partial charge in [0.25, 0.3) is 0 Å². The van der Waals surface area contributed by atoms with Crippen LogP contribution in [0.25, 0.3) is 6.08 Å². The van der Waals surface area contributed by atoms with Crippen LogP contribution in [0.15, 0.2) is 74.9 Å². The Balaban J connectivity index is 1.58. The number of para-hydroxylation sites is 1. The van der Waals surface area contributed by atoms with Crippen LogP contribution in [-0.2, 0) is 0 Å². The molecule has 2 heterocycles. The summed E-state index contributed by atoms with van der Waals surface area (Å²) in [7, 11) is 0. The zero-order valence-corrected chi connectivity index (χ0v) is 13.9. The molecule has 3 aromatic rings. The molecule has 1 aromatic heterocycles. The molecule has 2 aromatic carbocycles. The molecule has 0 fully saturated rings. The second-order valence-corrected chi connectivity index (χ2v) is 6.66. The molecule has 0 aliphatic carbocycles. The molecule has 0 saturated heterocycles. The first kappa shape index (κ1) is 14.8. The Bertz CT molecular complexity index is 956. The van der Waals surface area contributed by atoms with E-state index in [2.05, 4.69) is 11.4 Å². The fraction of sp³-hybridized carbons (Fsp3) is 0.0500. The number of allylic oxidation sites excluding steroid dienone is 1. The fourth-order valence-corrected chi connectivity index (χ4v) is 3.56. The SMILES string of the molecule is Cc1ccc(/C=C/C(=O)c2ccc3c(c2)Nc2ccccc2S3)o1. The minimum absolute atomic E-state index is 0.0440. The number of hydrogen-bond acceptors (Lipinski definition) is 4. The average Bonchev–Trinajstić information content (AvgIpc) is 3.02. The van der Waals surface area contributed by atoms with Gasteiger partial charge in [-0.2, -0.15) is 0 Å². The number of fused-ring (bicyclic) bond motifs is 2. The van der Waals surface area contributed by atoms with E-state index in [0.717, 1.165) is 22.0 Å². The highest BCUT2D eigenvalue weighted by atomic mass is 32.2. The molecule has 0 amide bonds. The number of anilines is 2. The monoisotopic (exact) mass is 333 g/mol. The van der Waals surface area contributed by atoms with Gasteiger partial charge in [0.2, 0.25) is 0 Å². The number of carbonyl (C=O) groups excluding carboxylic acids is 1. The highest BCUT2D eigenvalue weighted by molar-refractivity contribution is 7.99. The minimum atomic E-state index is -0.0440. The third kappa shape index (κ3) is 2.88. The van der Waals surface area contributed by atoms with E-state index in [1.807, 2.05) is 55.5 Å². The molecule has 1 N–H and O–H groups in total. The Labute approximate surface area is 144 Å². The number of ketones is 1. The van der Waals surface area contributed by atoms with Crippen molar-refractivity contribution in [3.63, 3.8) is 0 Å². The second-order valence-electron chi connectivity index (χ2n) is 5.58. The van der Waals surface area contributed by atoms with Gasteiger partial charge in [-0.3, -0.25) is 4.79 Å². The van der Waals surface area contributed by atoms with Crippen LogP contribution in [0.4, 0.5) is 11.4 Å². The number of nitrogens with one attached hydrogen (secondary N) is 1. The summed E-state index contributed by atoms with van der Waals surface area (Å²) in [6.45, 7) is 1.88. The maximum atomic E-state index is 12.4. The lowest BCUT2D eigenvalue weighted by Crippen LogP contribution is -2.02. The molecule has 3 nitrogen and oxygen atoms in total. The van der Waals surface area contributed by atoms with Crippen LogP contribution in [0, 0.1) is 6.92 Å². The largest absolute Gasteiger partial charge is 0.462 e. The molecule has 0 radical (unpaired) electrons. The molecule has 0 spiro atoms. The predicted molar refractivity (Wildman–Crippen MR) is 97.1 cm³/mol. The zero-order valence-electron chi connectivity index (χ0n) is 13.1. The van der Waals surface area contributed by atoms with Gasteiger partial charge in [0.1, 0.15) is 11.5 Å². The summed E-state index contributed by atoms with van der Waals surface area (Å²) in [6.07, 6.45) is 3.25. The smallest absolute Gasteiger partial charge is 0.186 e. The molecule has 1 aliphatic heterocycles. The summed E-state index contributed by atoms with van der Waals surface area (Å²) in [4.78, 5) is 14.7. The van der Waals surface area contributed by atoms with Gasteiger partial charge >= 0.3 is 0 Å². The normalized spacial score (nSPS) is 12.5. The van der Waals surface area contributed by atoms with Crippen molar-refractivity contribution in [1.29, 1.82) is 0 Å². The van der Waals surface area contributed by atoms with E-state index >= 15 is 0 Å². The van der Waals surface area contributed by atoms with Crippen molar-refractivity contribution in [2.75, 3.05) is 5.32 Å². The quantitative estimate of drug-likeness (QED) is 0.386. The van der Waals surface area contributed by atoms with E-state index in [-0.39, 0.29) is 5.78 Å². The number of aryl methyl sites for hydroxylation is 1. The topological polar surface area (TPSA) is 42.2 Å². The van der Waals surface area contributed by atoms with Crippen LogP contribution < -0.4 is 5.32 Å². The van der Waals surface area contributed by atoms with Gasteiger partial charge in [0, 0.05) is 15.4 Å². The fourth-order valence-electron chi connectivity index (χ4n) is 2.59. The minimum Gasteiger partial charge on any atom is -0.462 e. The third-order valence-corrected chi connectivity index (χ3v) is 4.95. The van der Waals surface area contributed by atoms with E-state index in [9.17, 15) is 4.79 Å². The lowest BCUT2D eigenvalue weighted by molar-refractivity contribution is 0.104. The lowest BCUT2D eigenvalue weighted by atomic mass is 10.1. The van der Waals surface area contributed by atoms with Crippen molar-refractivity contribution in [1.82, 2.24) is 0 Å². The van der Waals surface area contributed by atoms with Crippen LogP contribution in [0.2, 0.25) is 0 Å². The molecule has 4 heteroatoms. The van der Waals surface area contributed by atoms with Gasteiger partial charge in [-0.05, 0) is 61.5 Å². The molecular formula is C20H15NO2S. The van der Waals surface area contributed by atoms with E-state index in [4.69, 9.17) is 4.42 Å². The van der Waals surface area contributed by atoms with Crippen LogP contribution in [0.1, 0.15) is 21.9 Å². The van der Waals surface area contributed by atoms with Crippen LogP contribution in [-0.4, -0.2) is 5.78 Å². The summed E-state index contributed by atoms with van der Waals surface area (Å²) < 4.78 is 5.44. The molecule has 1 aliphatic rings. The summed E-state index contributed by atoms with van der Waals surface area (Å²) in [5.41, 5.74) is 2.69. The van der Waals surface area contributed by atoms with Gasteiger partial charge in [-0.25, -0.2) is 0 Å². The number of carbonyl (C=O) groups is 1. The Hall–Kier alpha value is -2.72.